The topological polar surface area (TPSA) is 47.7 Å². The minimum atomic E-state index is 0.186. The van der Waals surface area contributed by atoms with Crippen molar-refractivity contribution in [1.29, 1.82) is 0 Å². The van der Waals surface area contributed by atoms with Crippen molar-refractivity contribution in [3.63, 3.8) is 0 Å². The summed E-state index contributed by atoms with van der Waals surface area (Å²) in [6, 6.07) is 0.576. The Hall–Kier alpha value is -0.160. The number of methoxy groups -OCH3 is 2. The molecule has 2 atom stereocenters. The lowest BCUT2D eigenvalue weighted by Crippen LogP contribution is -2.44. The van der Waals surface area contributed by atoms with Crippen LogP contribution in [-0.2, 0) is 9.47 Å². The van der Waals surface area contributed by atoms with Crippen LogP contribution in [-0.4, -0.2) is 57.5 Å². The fourth-order valence-corrected chi connectivity index (χ4v) is 1.42. The monoisotopic (exact) mass is 204 g/mol. The molecule has 0 amide bonds. The minimum absolute atomic E-state index is 0.186. The van der Waals surface area contributed by atoms with E-state index in [2.05, 4.69) is 11.8 Å². The van der Waals surface area contributed by atoms with Crippen LogP contribution in [0.15, 0.2) is 0 Å². The minimum Gasteiger partial charge on any atom is -0.383 e. The first kappa shape index (κ1) is 13.8. The van der Waals surface area contributed by atoms with Gasteiger partial charge in [-0.3, -0.25) is 4.90 Å². The van der Waals surface area contributed by atoms with Crippen molar-refractivity contribution in [1.82, 2.24) is 4.90 Å². The molecule has 0 aliphatic carbocycles. The average Bonchev–Trinajstić information content (AvgIpc) is 2.12. The summed E-state index contributed by atoms with van der Waals surface area (Å²) in [7, 11) is 3.43. The van der Waals surface area contributed by atoms with Gasteiger partial charge < -0.3 is 15.2 Å². The van der Waals surface area contributed by atoms with E-state index in [1.54, 1.807) is 14.2 Å². The highest BCUT2D eigenvalue weighted by Crippen LogP contribution is 2.00. The molecule has 0 spiro atoms. The molecule has 0 heterocycles. The van der Waals surface area contributed by atoms with Crippen LogP contribution in [0, 0.1) is 0 Å². The van der Waals surface area contributed by atoms with Crippen LogP contribution >= 0.6 is 0 Å². The zero-order chi connectivity index (χ0) is 11.0. The zero-order valence-electron chi connectivity index (χ0n) is 9.82. The number of hydrogen-bond acceptors (Lipinski definition) is 4. The highest BCUT2D eigenvalue weighted by atomic mass is 16.5. The van der Waals surface area contributed by atoms with E-state index >= 15 is 0 Å². The lowest BCUT2D eigenvalue weighted by molar-refractivity contribution is 0.0724. The Morgan fingerprint density at radius 2 is 1.86 bits per heavy atom. The summed E-state index contributed by atoms with van der Waals surface area (Å²) < 4.78 is 10.2. The van der Waals surface area contributed by atoms with E-state index < -0.39 is 0 Å². The van der Waals surface area contributed by atoms with Crippen molar-refractivity contribution in [3.05, 3.63) is 0 Å². The van der Waals surface area contributed by atoms with E-state index in [0.29, 0.717) is 6.04 Å². The van der Waals surface area contributed by atoms with Crippen molar-refractivity contribution < 1.29 is 9.47 Å². The Kier molecular flexibility index (Phi) is 8.08. The van der Waals surface area contributed by atoms with Crippen LogP contribution in [0.25, 0.3) is 0 Å². The molecule has 0 aliphatic rings. The van der Waals surface area contributed by atoms with E-state index in [0.717, 1.165) is 26.3 Å². The maximum absolute atomic E-state index is 5.78. The molecule has 0 rings (SSSR count). The van der Waals surface area contributed by atoms with Crippen molar-refractivity contribution in [2.24, 2.45) is 5.73 Å². The average molecular weight is 204 g/mol. The predicted molar refractivity (Wildman–Crippen MR) is 58.4 cm³/mol. The van der Waals surface area contributed by atoms with Gasteiger partial charge in [0.2, 0.25) is 0 Å². The molecule has 0 aromatic carbocycles. The highest BCUT2D eigenvalue weighted by Gasteiger charge is 2.14. The van der Waals surface area contributed by atoms with Gasteiger partial charge in [0.1, 0.15) is 0 Å². The largest absolute Gasteiger partial charge is 0.383 e. The summed E-state index contributed by atoms with van der Waals surface area (Å²) in [6.07, 6.45) is 0. The molecule has 2 N–H and O–H groups in total. The Labute approximate surface area is 87.4 Å². The van der Waals surface area contributed by atoms with Crippen LogP contribution < -0.4 is 5.73 Å². The summed E-state index contributed by atoms with van der Waals surface area (Å²) in [5.41, 5.74) is 5.78. The quantitative estimate of drug-likeness (QED) is 0.618. The maximum Gasteiger partial charge on any atom is 0.0615 e. The van der Waals surface area contributed by atoms with Crippen LogP contribution in [0.4, 0.5) is 0 Å². The lowest BCUT2D eigenvalue weighted by atomic mass is 10.2. The molecule has 0 radical (unpaired) electrons. The maximum atomic E-state index is 5.78. The molecule has 0 saturated carbocycles. The standard InChI is InChI=1S/C10H24N2O2/c1-9(11)7-12(5-6-13-3)10(2)8-14-4/h9-10H,5-8,11H2,1-4H3/t9-,10?/m1/s1. The molecule has 4 nitrogen and oxygen atoms in total. The summed E-state index contributed by atoms with van der Waals surface area (Å²) in [5, 5.41) is 0. The smallest absolute Gasteiger partial charge is 0.0615 e. The van der Waals surface area contributed by atoms with Gasteiger partial charge in [0, 0.05) is 39.4 Å². The van der Waals surface area contributed by atoms with Gasteiger partial charge in [0.05, 0.1) is 13.2 Å². The third kappa shape index (κ3) is 6.32. The van der Waals surface area contributed by atoms with Gasteiger partial charge in [0.25, 0.3) is 0 Å². The Morgan fingerprint density at radius 1 is 1.21 bits per heavy atom. The van der Waals surface area contributed by atoms with Gasteiger partial charge in [-0.25, -0.2) is 0 Å². The fraction of sp³-hybridized carbons (Fsp3) is 1.00. The summed E-state index contributed by atoms with van der Waals surface area (Å²) >= 11 is 0. The van der Waals surface area contributed by atoms with Crippen molar-refractivity contribution in [2.75, 3.05) is 40.5 Å². The Morgan fingerprint density at radius 3 is 2.29 bits per heavy atom. The number of rotatable bonds is 8. The molecule has 4 heteroatoms. The third-order valence-electron chi connectivity index (χ3n) is 2.14. The molecule has 0 saturated heterocycles. The zero-order valence-corrected chi connectivity index (χ0v) is 9.82. The van der Waals surface area contributed by atoms with Gasteiger partial charge >= 0.3 is 0 Å². The number of hydrogen-bond donors (Lipinski definition) is 1. The van der Waals surface area contributed by atoms with Gasteiger partial charge in [0.15, 0.2) is 0 Å². The van der Waals surface area contributed by atoms with Crippen LogP contribution in [0.5, 0.6) is 0 Å². The van der Waals surface area contributed by atoms with Gasteiger partial charge in [-0.05, 0) is 13.8 Å². The molecule has 0 aromatic heterocycles. The first-order valence-electron chi connectivity index (χ1n) is 5.09. The van der Waals surface area contributed by atoms with Crippen LogP contribution in [0.3, 0.4) is 0 Å². The van der Waals surface area contributed by atoms with E-state index in [9.17, 15) is 0 Å². The second-order valence-electron chi connectivity index (χ2n) is 3.77. The van der Waals surface area contributed by atoms with Gasteiger partial charge in [-0.15, -0.1) is 0 Å². The molecule has 0 aliphatic heterocycles. The van der Waals surface area contributed by atoms with E-state index in [1.807, 2.05) is 6.92 Å². The van der Waals surface area contributed by atoms with Crippen molar-refractivity contribution in [2.45, 2.75) is 25.9 Å². The predicted octanol–water partition coefficient (Wildman–Crippen LogP) is 0.317. The number of ether oxygens (including phenoxy) is 2. The molecule has 0 fully saturated rings. The first-order chi connectivity index (χ1) is 6.61. The molecule has 86 valence electrons. The second kappa shape index (κ2) is 8.17. The SMILES string of the molecule is COCCN(C[C@@H](C)N)C(C)COC. The second-order valence-corrected chi connectivity index (χ2v) is 3.77. The van der Waals surface area contributed by atoms with Crippen molar-refractivity contribution >= 4 is 0 Å². The lowest BCUT2D eigenvalue weighted by Gasteiger charge is -2.29. The summed E-state index contributed by atoms with van der Waals surface area (Å²) in [4.78, 5) is 2.29. The molecule has 0 aromatic rings. The Balaban J connectivity index is 3.94. The number of nitrogens with zero attached hydrogens (tertiary/aromatic N) is 1. The normalized spacial score (nSPS) is 15.9. The summed E-state index contributed by atoms with van der Waals surface area (Å²) in [6.45, 7) is 7.41. The highest BCUT2D eigenvalue weighted by molar-refractivity contribution is 4.70. The van der Waals surface area contributed by atoms with Gasteiger partial charge in [-0.2, -0.15) is 0 Å². The number of nitrogens with two attached hydrogens (primary N) is 1. The molecule has 14 heavy (non-hydrogen) atoms. The van der Waals surface area contributed by atoms with Crippen LogP contribution in [0.2, 0.25) is 0 Å². The van der Waals surface area contributed by atoms with E-state index in [1.165, 1.54) is 0 Å². The fourth-order valence-electron chi connectivity index (χ4n) is 1.42. The van der Waals surface area contributed by atoms with Crippen molar-refractivity contribution in [3.8, 4) is 0 Å². The van der Waals surface area contributed by atoms with Gasteiger partial charge in [-0.1, -0.05) is 0 Å². The molecular weight excluding hydrogens is 180 g/mol. The molecular formula is C10H24N2O2. The summed E-state index contributed by atoms with van der Waals surface area (Å²) in [5.74, 6) is 0. The first-order valence-corrected chi connectivity index (χ1v) is 5.09. The van der Waals surface area contributed by atoms with Crippen LogP contribution in [0.1, 0.15) is 13.8 Å². The Bertz CT molecular complexity index is 131. The van der Waals surface area contributed by atoms with E-state index in [4.69, 9.17) is 15.2 Å². The molecule has 1 unspecified atom stereocenters. The molecule has 0 bridgehead atoms. The van der Waals surface area contributed by atoms with E-state index in [-0.39, 0.29) is 6.04 Å². The third-order valence-corrected chi connectivity index (χ3v) is 2.14.